The molecule has 1 N–H and O–H groups in total. The first-order valence-corrected chi connectivity index (χ1v) is 4.68. The van der Waals surface area contributed by atoms with E-state index in [1.165, 1.54) is 0 Å². The quantitative estimate of drug-likeness (QED) is 0.595. The zero-order chi connectivity index (χ0) is 8.98. The molecule has 3 saturated carbocycles. The van der Waals surface area contributed by atoms with Gasteiger partial charge < -0.3 is 5.11 Å². The van der Waals surface area contributed by atoms with Crippen LogP contribution in [0.25, 0.3) is 0 Å². The fourth-order valence-corrected chi connectivity index (χ4v) is 3.08. The monoisotopic (exact) mass is 168 g/mol. The van der Waals surface area contributed by atoms with E-state index in [1.54, 1.807) is 0 Å². The van der Waals surface area contributed by atoms with Gasteiger partial charge in [-0.3, -0.25) is 4.79 Å². The molecule has 0 spiro atoms. The van der Waals surface area contributed by atoms with Crippen LogP contribution in [0.2, 0.25) is 0 Å². The number of Topliss-reactive ketones (excluding diaryl/α,β-unsaturated/α-hetero) is 1. The van der Waals surface area contributed by atoms with Crippen molar-refractivity contribution in [3.05, 3.63) is 0 Å². The molecular weight excluding hydrogens is 152 g/mol. The lowest BCUT2D eigenvalue weighted by Crippen LogP contribution is -2.54. The Morgan fingerprint density at radius 2 is 2.17 bits per heavy atom. The molecule has 0 heterocycles. The van der Waals surface area contributed by atoms with Gasteiger partial charge in [0.1, 0.15) is 5.78 Å². The molecule has 0 aromatic heterocycles. The first-order chi connectivity index (χ1) is 5.43. The summed E-state index contributed by atoms with van der Waals surface area (Å²) in [5, 5.41) is 9.98. The van der Waals surface area contributed by atoms with Gasteiger partial charge in [-0.2, -0.15) is 0 Å². The number of hydrogen-bond acceptors (Lipinski definition) is 2. The van der Waals surface area contributed by atoms with Gasteiger partial charge in [0.15, 0.2) is 0 Å². The average Bonchev–Trinajstić information content (AvgIpc) is 1.80. The van der Waals surface area contributed by atoms with E-state index >= 15 is 0 Å². The van der Waals surface area contributed by atoms with E-state index < -0.39 is 5.60 Å². The summed E-state index contributed by atoms with van der Waals surface area (Å²) in [6, 6.07) is 0. The molecule has 3 aliphatic rings. The minimum absolute atomic E-state index is 0.0701. The van der Waals surface area contributed by atoms with Crippen molar-refractivity contribution < 1.29 is 9.90 Å². The van der Waals surface area contributed by atoms with E-state index in [1.807, 2.05) is 6.92 Å². The highest BCUT2D eigenvalue weighted by Gasteiger charge is 2.53. The largest absolute Gasteiger partial charge is 0.389 e. The van der Waals surface area contributed by atoms with Crippen LogP contribution in [-0.4, -0.2) is 16.5 Å². The zero-order valence-electron chi connectivity index (χ0n) is 7.76. The topological polar surface area (TPSA) is 37.3 Å². The second kappa shape index (κ2) is 2.11. The van der Waals surface area contributed by atoms with E-state index in [4.69, 9.17) is 0 Å². The van der Waals surface area contributed by atoms with Crippen LogP contribution >= 0.6 is 0 Å². The Morgan fingerprint density at radius 1 is 1.50 bits per heavy atom. The van der Waals surface area contributed by atoms with Gasteiger partial charge in [-0.05, 0) is 31.6 Å². The molecule has 3 fully saturated rings. The van der Waals surface area contributed by atoms with Crippen molar-refractivity contribution >= 4 is 5.78 Å². The molecule has 0 unspecified atom stereocenters. The molecular formula is C10H16O2. The third kappa shape index (κ3) is 1.01. The maximum Gasteiger partial charge on any atom is 0.139 e. The van der Waals surface area contributed by atoms with E-state index in [2.05, 4.69) is 6.92 Å². The molecule has 0 amide bonds. The molecule has 0 aliphatic heterocycles. The van der Waals surface area contributed by atoms with Gasteiger partial charge in [-0.15, -0.1) is 0 Å². The fraction of sp³-hybridized carbons (Fsp3) is 0.900. The third-order valence-electron chi connectivity index (χ3n) is 3.56. The molecule has 3 aliphatic carbocycles. The summed E-state index contributed by atoms with van der Waals surface area (Å²) in [6.07, 6.45) is 3.49. The van der Waals surface area contributed by atoms with Crippen LogP contribution in [0.3, 0.4) is 0 Å². The normalized spacial score (nSPS) is 52.9. The fourth-order valence-electron chi connectivity index (χ4n) is 3.08. The van der Waals surface area contributed by atoms with Gasteiger partial charge >= 0.3 is 0 Å². The van der Waals surface area contributed by atoms with Crippen molar-refractivity contribution in [2.24, 2.45) is 11.3 Å². The summed E-state index contributed by atoms with van der Waals surface area (Å²) in [4.78, 5) is 11.5. The lowest BCUT2D eigenvalue weighted by atomic mass is 9.55. The van der Waals surface area contributed by atoms with Crippen molar-refractivity contribution in [2.75, 3.05) is 0 Å². The van der Waals surface area contributed by atoms with E-state index in [0.717, 1.165) is 19.3 Å². The summed E-state index contributed by atoms with van der Waals surface area (Å²) in [7, 11) is 0. The molecule has 0 saturated heterocycles. The van der Waals surface area contributed by atoms with Crippen LogP contribution in [0.1, 0.15) is 39.5 Å². The highest BCUT2D eigenvalue weighted by Crippen LogP contribution is 2.52. The Labute approximate surface area is 73.0 Å². The first kappa shape index (κ1) is 8.24. The van der Waals surface area contributed by atoms with Crippen LogP contribution in [0, 0.1) is 11.3 Å². The molecule has 0 radical (unpaired) electrons. The van der Waals surface area contributed by atoms with Gasteiger partial charge in [-0.1, -0.05) is 6.92 Å². The lowest BCUT2D eigenvalue weighted by Gasteiger charge is -2.51. The predicted octanol–water partition coefficient (Wildman–Crippen LogP) is 1.52. The maximum atomic E-state index is 11.5. The van der Waals surface area contributed by atoms with Gasteiger partial charge in [0, 0.05) is 12.3 Å². The van der Waals surface area contributed by atoms with Crippen molar-refractivity contribution in [3.8, 4) is 0 Å². The number of carbonyl (C=O) groups is 1. The SMILES string of the molecule is C[C@@]12CC[C@@H](C(=O)C1)[C@](C)(O)C2. The number of fused-ring (bicyclic) bond motifs is 3. The van der Waals surface area contributed by atoms with Crippen molar-refractivity contribution in [1.29, 1.82) is 0 Å². The first-order valence-electron chi connectivity index (χ1n) is 4.68. The lowest BCUT2D eigenvalue weighted by molar-refractivity contribution is -0.157. The van der Waals surface area contributed by atoms with Gasteiger partial charge in [0.05, 0.1) is 5.60 Å². The van der Waals surface area contributed by atoms with Crippen LogP contribution in [0.15, 0.2) is 0 Å². The zero-order valence-corrected chi connectivity index (χ0v) is 7.76. The molecule has 0 aromatic carbocycles. The molecule has 3 rings (SSSR count). The van der Waals surface area contributed by atoms with Gasteiger partial charge in [0.25, 0.3) is 0 Å². The molecule has 12 heavy (non-hydrogen) atoms. The number of rotatable bonds is 0. The second-order valence-electron chi connectivity index (χ2n) is 5.08. The van der Waals surface area contributed by atoms with Crippen LogP contribution in [-0.2, 0) is 4.79 Å². The van der Waals surface area contributed by atoms with E-state index in [-0.39, 0.29) is 17.1 Å². The third-order valence-corrected chi connectivity index (χ3v) is 3.56. The smallest absolute Gasteiger partial charge is 0.139 e. The summed E-state index contributed by atoms with van der Waals surface area (Å²) in [6.45, 7) is 3.93. The van der Waals surface area contributed by atoms with Crippen LogP contribution in [0.4, 0.5) is 0 Å². The highest BCUT2D eigenvalue weighted by molar-refractivity contribution is 5.84. The molecule has 2 nitrogen and oxygen atoms in total. The standard InChI is InChI=1S/C10H16O2/c1-9-4-3-7(8(11)5-9)10(2,12)6-9/h7,12H,3-6H2,1-2H3/t7-,9+,10+/m0/s1. The number of ketones is 1. The second-order valence-corrected chi connectivity index (χ2v) is 5.08. The minimum atomic E-state index is -0.720. The van der Waals surface area contributed by atoms with Crippen molar-refractivity contribution in [3.63, 3.8) is 0 Å². The summed E-state index contributed by atoms with van der Waals surface area (Å²) >= 11 is 0. The number of hydrogen-bond donors (Lipinski definition) is 1. The maximum absolute atomic E-state index is 11.5. The summed E-state index contributed by atoms with van der Waals surface area (Å²) < 4.78 is 0. The Bertz CT molecular complexity index is 229. The molecule has 3 atom stereocenters. The summed E-state index contributed by atoms with van der Waals surface area (Å²) in [5.41, 5.74) is -0.627. The Morgan fingerprint density at radius 3 is 2.58 bits per heavy atom. The number of carbonyl (C=O) groups excluding carboxylic acids is 1. The van der Waals surface area contributed by atoms with Crippen LogP contribution in [0.5, 0.6) is 0 Å². The predicted molar refractivity (Wildman–Crippen MR) is 45.7 cm³/mol. The van der Waals surface area contributed by atoms with Crippen LogP contribution < -0.4 is 0 Å². The Balaban J connectivity index is 2.34. The summed E-state index contributed by atoms with van der Waals surface area (Å²) in [5.74, 6) is 0.208. The van der Waals surface area contributed by atoms with Crippen molar-refractivity contribution in [1.82, 2.24) is 0 Å². The van der Waals surface area contributed by atoms with Crippen molar-refractivity contribution in [2.45, 2.75) is 45.1 Å². The molecule has 0 aromatic rings. The molecule has 2 bridgehead atoms. The Kier molecular flexibility index (Phi) is 1.45. The Hall–Kier alpha value is -0.370. The minimum Gasteiger partial charge on any atom is -0.389 e. The average molecular weight is 168 g/mol. The molecule has 68 valence electrons. The molecule has 2 heteroatoms. The van der Waals surface area contributed by atoms with E-state index in [9.17, 15) is 9.90 Å². The van der Waals surface area contributed by atoms with Gasteiger partial charge in [-0.25, -0.2) is 0 Å². The highest BCUT2D eigenvalue weighted by atomic mass is 16.3. The van der Waals surface area contributed by atoms with Gasteiger partial charge in [0.2, 0.25) is 0 Å². The van der Waals surface area contributed by atoms with E-state index in [0.29, 0.717) is 6.42 Å². The number of aliphatic hydroxyl groups is 1.